The molecule has 1 fully saturated rings. The summed E-state index contributed by atoms with van der Waals surface area (Å²) in [5, 5.41) is 12.4. The van der Waals surface area contributed by atoms with Crippen LogP contribution in [0.25, 0.3) is 0 Å². The molecule has 104 valence electrons. The van der Waals surface area contributed by atoms with Crippen molar-refractivity contribution in [1.82, 2.24) is 10.6 Å². The number of hydrogen-bond acceptors (Lipinski definition) is 2. The Labute approximate surface area is 99.5 Å². The number of aliphatic carboxylic acids is 1. The van der Waals surface area contributed by atoms with E-state index in [0.717, 1.165) is 0 Å². The molecule has 18 heavy (non-hydrogen) atoms. The lowest BCUT2D eigenvalue weighted by Crippen LogP contribution is -2.62. The van der Waals surface area contributed by atoms with Crippen molar-refractivity contribution < 1.29 is 32.3 Å². The Kier molecular flexibility index (Phi) is 4.02. The zero-order chi connectivity index (χ0) is 14.0. The Balaban J connectivity index is 2.45. The van der Waals surface area contributed by atoms with E-state index in [1.165, 1.54) is 5.32 Å². The van der Waals surface area contributed by atoms with Crippen molar-refractivity contribution in [3.05, 3.63) is 0 Å². The van der Waals surface area contributed by atoms with Gasteiger partial charge >= 0.3 is 24.3 Å². The Bertz CT molecular complexity index is 345. The van der Waals surface area contributed by atoms with Gasteiger partial charge in [0.15, 0.2) is 0 Å². The maximum Gasteiger partial charge on any atom is 0.329 e. The number of carboxylic acids is 1. The van der Waals surface area contributed by atoms with Crippen LogP contribution < -0.4 is 10.6 Å². The first-order chi connectivity index (χ1) is 8.19. The summed E-state index contributed by atoms with van der Waals surface area (Å²) in [5.74, 6) is -5.61. The topological polar surface area (TPSA) is 78.4 Å². The molecule has 1 aliphatic rings. The number of nitrogens with one attached hydrogen (secondary N) is 2. The standard InChI is InChI=1S/C9H12F4N2O3/c10-5(11)9(12,13)4-14-7(18)15-8(6(16)17)2-1-3-8/h5H,1-4H2,(H,16,17)(H2,14,15,18). The number of carbonyl (C=O) groups excluding carboxylic acids is 1. The van der Waals surface area contributed by atoms with E-state index in [-0.39, 0.29) is 12.8 Å². The second-order valence-corrected chi connectivity index (χ2v) is 4.11. The molecule has 0 aromatic rings. The molecule has 0 unspecified atom stereocenters. The molecule has 0 aromatic carbocycles. The fraction of sp³-hybridized carbons (Fsp3) is 0.778. The van der Waals surface area contributed by atoms with E-state index in [1.807, 2.05) is 5.32 Å². The number of halogens is 4. The van der Waals surface area contributed by atoms with Gasteiger partial charge < -0.3 is 15.7 Å². The van der Waals surface area contributed by atoms with Crippen LogP contribution in [-0.4, -0.2) is 41.5 Å². The van der Waals surface area contributed by atoms with E-state index in [4.69, 9.17) is 5.11 Å². The van der Waals surface area contributed by atoms with Crippen molar-refractivity contribution in [2.75, 3.05) is 6.54 Å². The average molecular weight is 272 g/mol. The highest BCUT2D eigenvalue weighted by molar-refractivity contribution is 5.87. The van der Waals surface area contributed by atoms with Gasteiger partial charge in [0.25, 0.3) is 0 Å². The number of urea groups is 1. The van der Waals surface area contributed by atoms with Gasteiger partial charge in [-0.05, 0) is 19.3 Å². The van der Waals surface area contributed by atoms with Crippen LogP contribution in [0.15, 0.2) is 0 Å². The van der Waals surface area contributed by atoms with Gasteiger partial charge in [0.05, 0.1) is 6.54 Å². The molecule has 0 saturated heterocycles. The van der Waals surface area contributed by atoms with Crippen molar-refractivity contribution in [3.8, 4) is 0 Å². The maximum atomic E-state index is 12.5. The first-order valence-electron chi connectivity index (χ1n) is 5.15. The predicted octanol–water partition coefficient (Wildman–Crippen LogP) is 1.19. The molecular formula is C9H12F4N2O3. The SMILES string of the molecule is O=C(NCC(F)(F)C(F)F)NC1(C(=O)O)CCC1. The Morgan fingerprint density at radius 1 is 1.33 bits per heavy atom. The summed E-state index contributed by atoms with van der Waals surface area (Å²) < 4.78 is 48.6. The molecule has 2 amide bonds. The van der Waals surface area contributed by atoms with Gasteiger partial charge in [0.2, 0.25) is 0 Å². The highest BCUT2D eigenvalue weighted by atomic mass is 19.3. The summed E-state index contributed by atoms with van der Waals surface area (Å²) in [6, 6.07) is -1.20. The van der Waals surface area contributed by atoms with Gasteiger partial charge in [-0.2, -0.15) is 8.78 Å². The van der Waals surface area contributed by atoms with E-state index in [1.54, 1.807) is 0 Å². The number of carboxylic acid groups (broad SMARTS) is 1. The Hall–Kier alpha value is -1.54. The molecule has 0 bridgehead atoms. The van der Waals surface area contributed by atoms with Crippen molar-refractivity contribution in [3.63, 3.8) is 0 Å². The fourth-order valence-corrected chi connectivity index (χ4v) is 1.46. The van der Waals surface area contributed by atoms with E-state index in [2.05, 4.69) is 0 Å². The summed E-state index contributed by atoms with van der Waals surface area (Å²) in [6.45, 7) is -1.55. The van der Waals surface area contributed by atoms with Crippen LogP contribution in [0.1, 0.15) is 19.3 Å². The summed E-state index contributed by atoms with van der Waals surface area (Å²) in [7, 11) is 0. The molecule has 0 atom stereocenters. The number of carbonyl (C=O) groups is 2. The van der Waals surface area contributed by atoms with Gasteiger partial charge in [0, 0.05) is 0 Å². The zero-order valence-corrected chi connectivity index (χ0v) is 9.18. The van der Waals surface area contributed by atoms with E-state index in [9.17, 15) is 27.2 Å². The molecule has 3 N–H and O–H groups in total. The number of rotatable bonds is 5. The molecular weight excluding hydrogens is 260 g/mol. The first kappa shape index (κ1) is 14.5. The number of amides is 2. The monoisotopic (exact) mass is 272 g/mol. The van der Waals surface area contributed by atoms with Crippen LogP contribution in [-0.2, 0) is 4.79 Å². The normalized spacial score (nSPS) is 18.1. The predicted molar refractivity (Wildman–Crippen MR) is 51.7 cm³/mol. The second kappa shape index (κ2) is 4.99. The van der Waals surface area contributed by atoms with Crippen molar-refractivity contribution in [1.29, 1.82) is 0 Å². The molecule has 5 nitrogen and oxygen atoms in total. The number of alkyl halides is 4. The minimum Gasteiger partial charge on any atom is -0.480 e. The van der Waals surface area contributed by atoms with Gasteiger partial charge in [-0.15, -0.1) is 0 Å². The van der Waals surface area contributed by atoms with Gasteiger partial charge in [-0.25, -0.2) is 18.4 Å². The van der Waals surface area contributed by atoms with Gasteiger partial charge in [0.1, 0.15) is 5.54 Å². The molecule has 0 heterocycles. The molecule has 1 rings (SSSR count). The summed E-state index contributed by atoms with van der Waals surface area (Å²) in [5.41, 5.74) is -1.47. The minimum absolute atomic E-state index is 0.182. The van der Waals surface area contributed by atoms with Crippen LogP contribution >= 0.6 is 0 Å². The first-order valence-corrected chi connectivity index (χ1v) is 5.15. The smallest absolute Gasteiger partial charge is 0.329 e. The fourth-order valence-electron chi connectivity index (χ4n) is 1.46. The van der Waals surface area contributed by atoms with Gasteiger partial charge in [-0.1, -0.05) is 0 Å². The van der Waals surface area contributed by atoms with E-state index >= 15 is 0 Å². The van der Waals surface area contributed by atoms with Crippen molar-refractivity contribution in [2.45, 2.75) is 37.1 Å². The molecule has 0 aliphatic heterocycles. The van der Waals surface area contributed by atoms with Crippen LogP contribution in [0.3, 0.4) is 0 Å². The summed E-state index contributed by atoms with van der Waals surface area (Å²) in [6.07, 6.45) is -2.95. The maximum absolute atomic E-state index is 12.5. The third kappa shape index (κ3) is 3.02. The highest BCUT2D eigenvalue weighted by Gasteiger charge is 2.46. The van der Waals surface area contributed by atoms with Crippen LogP contribution in [0.4, 0.5) is 22.4 Å². The van der Waals surface area contributed by atoms with Crippen LogP contribution in [0.2, 0.25) is 0 Å². The summed E-state index contributed by atoms with van der Waals surface area (Å²) >= 11 is 0. The lowest BCUT2D eigenvalue weighted by Gasteiger charge is -2.38. The van der Waals surface area contributed by atoms with Gasteiger partial charge in [-0.3, -0.25) is 0 Å². The minimum atomic E-state index is -4.34. The Morgan fingerprint density at radius 3 is 2.22 bits per heavy atom. The quantitative estimate of drug-likeness (QED) is 0.658. The third-order valence-corrected chi connectivity index (χ3v) is 2.77. The van der Waals surface area contributed by atoms with E-state index < -0.39 is 36.4 Å². The van der Waals surface area contributed by atoms with Crippen molar-refractivity contribution >= 4 is 12.0 Å². The molecule has 9 heteroatoms. The second-order valence-electron chi connectivity index (χ2n) is 4.11. The Morgan fingerprint density at radius 2 is 1.89 bits per heavy atom. The molecule has 0 spiro atoms. The summed E-state index contributed by atoms with van der Waals surface area (Å²) in [4.78, 5) is 22.0. The molecule has 0 radical (unpaired) electrons. The van der Waals surface area contributed by atoms with E-state index in [0.29, 0.717) is 6.42 Å². The molecule has 1 aliphatic carbocycles. The largest absolute Gasteiger partial charge is 0.480 e. The zero-order valence-electron chi connectivity index (χ0n) is 9.18. The highest BCUT2D eigenvalue weighted by Crippen LogP contribution is 2.32. The van der Waals surface area contributed by atoms with Crippen LogP contribution in [0.5, 0.6) is 0 Å². The lowest BCUT2D eigenvalue weighted by molar-refractivity contribution is -0.148. The third-order valence-electron chi connectivity index (χ3n) is 2.77. The molecule has 1 saturated carbocycles. The molecule has 0 aromatic heterocycles. The van der Waals surface area contributed by atoms with Crippen LogP contribution in [0, 0.1) is 0 Å². The van der Waals surface area contributed by atoms with Crippen molar-refractivity contribution in [2.24, 2.45) is 0 Å². The lowest BCUT2D eigenvalue weighted by atomic mass is 9.77. The number of hydrogen-bond donors (Lipinski definition) is 3. The average Bonchev–Trinajstić information content (AvgIpc) is 2.20.